The predicted octanol–water partition coefficient (Wildman–Crippen LogP) is 2.30. The van der Waals surface area contributed by atoms with Crippen LogP contribution in [0, 0.1) is 5.92 Å². The summed E-state index contributed by atoms with van der Waals surface area (Å²) in [6.07, 6.45) is 0.446. The third kappa shape index (κ3) is 4.10. The molecule has 110 valence electrons. The molecule has 1 amide bonds. The second-order valence-corrected chi connectivity index (χ2v) is 5.34. The van der Waals surface area contributed by atoms with Gasteiger partial charge in [0, 0.05) is 18.2 Å². The first kappa shape index (κ1) is 15.1. The highest BCUT2D eigenvalue weighted by Crippen LogP contribution is 2.24. The molecule has 6 heteroatoms. The number of rotatable bonds is 5. The zero-order valence-electron chi connectivity index (χ0n) is 11.4. The van der Waals surface area contributed by atoms with Crippen LogP contribution in [0.5, 0.6) is 0 Å². The zero-order chi connectivity index (χ0) is 14.5. The van der Waals surface area contributed by atoms with E-state index in [1.165, 1.54) is 0 Å². The number of hydrogen-bond donors (Lipinski definition) is 2. The van der Waals surface area contributed by atoms with Crippen LogP contribution in [0.4, 0.5) is 11.4 Å². The van der Waals surface area contributed by atoms with E-state index >= 15 is 0 Å². The van der Waals surface area contributed by atoms with Crippen LogP contribution >= 0.6 is 11.6 Å². The van der Waals surface area contributed by atoms with Gasteiger partial charge < -0.3 is 20.5 Å². The van der Waals surface area contributed by atoms with Gasteiger partial charge in [-0.05, 0) is 31.5 Å². The van der Waals surface area contributed by atoms with Crippen molar-refractivity contribution in [2.75, 3.05) is 30.9 Å². The van der Waals surface area contributed by atoms with Gasteiger partial charge in [0.05, 0.1) is 23.9 Å². The molecule has 1 fully saturated rings. The molecule has 1 heterocycles. The number of anilines is 2. The van der Waals surface area contributed by atoms with Crippen molar-refractivity contribution in [2.45, 2.75) is 19.4 Å². The summed E-state index contributed by atoms with van der Waals surface area (Å²) in [6, 6.07) is 4.95. The Morgan fingerprint density at radius 3 is 3.10 bits per heavy atom. The molecular weight excluding hydrogens is 280 g/mol. The first-order valence-electron chi connectivity index (χ1n) is 6.61. The number of benzene rings is 1. The molecule has 1 aromatic rings. The third-order valence-corrected chi connectivity index (χ3v) is 3.54. The molecule has 2 atom stereocenters. The van der Waals surface area contributed by atoms with Gasteiger partial charge in [0.2, 0.25) is 0 Å². The molecule has 1 aliphatic rings. The van der Waals surface area contributed by atoms with Crippen molar-refractivity contribution in [3.05, 3.63) is 23.2 Å². The number of nitrogens with two attached hydrogens (primary N) is 1. The van der Waals surface area contributed by atoms with Gasteiger partial charge >= 0.3 is 0 Å². The van der Waals surface area contributed by atoms with Gasteiger partial charge in [-0.25, -0.2) is 0 Å². The van der Waals surface area contributed by atoms with E-state index < -0.39 is 6.10 Å². The Kier molecular flexibility index (Phi) is 5.23. The van der Waals surface area contributed by atoms with Crippen LogP contribution in [0.15, 0.2) is 18.2 Å². The number of nitrogen functional groups attached to an aromatic ring is 1. The van der Waals surface area contributed by atoms with E-state index in [2.05, 4.69) is 5.32 Å². The molecule has 0 aromatic heterocycles. The van der Waals surface area contributed by atoms with E-state index in [-0.39, 0.29) is 5.91 Å². The minimum atomic E-state index is -0.538. The van der Waals surface area contributed by atoms with Gasteiger partial charge in [-0.1, -0.05) is 11.6 Å². The molecule has 0 spiro atoms. The lowest BCUT2D eigenvalue weighted by Gasteiger charge is -2.16. The SMILES string of the molecule is CC(OCC1CCOC1)C(=O)Nc1ccc(N)cc1Cl. The van der Waals surface area contributed by atoms with Crippen LogP contribution in [0.1, 0.15) is 13.3 Å². The van der Waals surface area contributed by atoms with Crippen molar-refractivity contribution >= 4 is 28.9 Å². The van der Waals surface area contributed by atoms with E-state index in [1.54, 1.807) is 25.1 Å². The molecule has 0 aliphatic carbocycles. The maximum atomic E-state index is 12.0. The van der Waals surface area contributed by atoms with E-state index in [1.807, 2.05) is 0 Å². The highest BCUT2D eigenvalue weighted by Gasteiger charge is 2.20. The number of hydrogen-bond acceptors (Lipinski definition) is 4. The molecule has 2 rings (SSSR count). The number of ether oxygens (including phenoxy) is 2. The maximum absolute atomic E-state index is 12.0. The molecule has 20 heavy (non-hydrogen) atoms. The van der Waals surface area contributed by atoms with Gasteiger partial charge in [0.25, 0.3) is 5.91 Å². The number of halogens is 1. The fourth-order valence-electron chi connectivity index (χ4n) is 1.94. The minimum absolute atomic E-state index is 0.226. The molecule has 5 nitrogen and oxygen atoms in total. The summed E-state index contributed by atoms with van der Waals surface area (Å²) >= 11 is 6.01. The normalized spacial score (nSPS) is 19.8. The Morgan fingerprint density at radius 1 is 1.65 bits per heavy atom. The first-order chi connectivity index (χ1) is 9.56. The first-order valence-corrected chi connectivity index (χ1v) is 6.99. The van der Waals surface area contributed by atoms with Crippen LogP contribution in [-0.2, 0) is 14.3 Å². The van der Waals surface area contributed by atoms with Crippen LogP contribution in [0.3, 0.4) is 0 Å². The lowest BCUT2D eigenvalue weighted by atomic mass is 10.1. The predicted molar refractivity (Wildman–Crippen MR) is 78.8 cm³/mol. The molecule has 3 N–H and O–H groups in total. The lowest BCUT2D eigenvalue weighted by Crippen LogP contribution is -2.29. The van der Waals surface area contributed by atoms with Crippen LogP contribution in [-0.4, -0.2) is 31.8 Å². The van der Waals surface area contributed by atoms with Crippen molar-refractivity contribution in [1.29, 1.82) is 0 Å². The Morgan fingerprint density at radius 2 is 2.45 bits per heavy atom. The van der Waals surface area contributed by atoms with E-state index in [9.17, 15) is 4.79 Å². The molecule has 0 bridgehead atoms. The number of amides is 1. The van der Waals surface area contributed by atoms with E-state index in [0.717, 1.165) is 13.0 Å². The Bertz CT molecular complexity index is 475. The lowest BCUT2D eigenvalue weighted by molar-refractivity contribution is -0.127. The average Bonchev–Trinajstić information content (AvgIpc) is 2.92. The Balaban J connectivity index is 1.83. The maximum Gasteiger partial charge on any atom is 0.253 e. The zero-order valence-corrected chi connectivity index (χ0v) is 12.2. The molecular formula is C14H19ClN2O3. The Hall–Kier alpha value is -1.30. The molecule has 0 radical (unpaired) electrons. The number of carbonyl (C=O) groups excluding carboxylic acids is 1. The van der Waals surface area contributed by atoms with Crippen molar-refractivity contribution in [2.24, 2.45) is 5.92 Å². The van der Waals surface area contributed by atoms with Gasteiger partial charge in [-0.3, -0.25) is 4.79 Å². The summed E-state index contributed by atoms with van der Waals surface area (Å²) in [7, 11) is 0. The second kappa shape index (κ2) is 6.92. The summed E-state index contributed by atoms with van der Waals surface area (Å²) in [4.78, 5) is 12.0. The summed E-state index contributed by atoms with van der Waals surface area (Å²) in [5.74, 6) is 0.154. The fourth-order valence-corrected chi connectivity index (χ4v) is 2.17. The van der Waals surface area contributed by atoms with Crippen LogP contribution in [0.2, 0.25) is 5.02 Å². The summed E-state index contributed by atoms with van der Waals surface area (Å²) in [6.45, 7) is 3.73. The topological polar surface area (TPSA) is 73.6 Å². The smallest absolute Gasteiger partial charge is 0.253 e. The van der Waals surface area contributed by atoms with E-state index in [0.29, 0.717) is 35.5 Å². The molecule has 2 unspecified atom stereocenters. The van der Waals surface area contributed by atoms with Crippen LogP contribution < -0.4 is 11.1 Å². The number of carbonyl (C=O) groups is 1. The van der Waals surface area contributed by atoms with Crippen molar-refractivity contribution in [1.82, 2.24) is 0 Å². The molecule has 1 aliphatic heterocycles. The number of nitrogens with one attached hydrogen (secondary N) is 1. The second-order valence-electron chi connectivity index (χ2n) is 4.93. The van der Waals surface area contributed by atoms with Gasteiger partial charge in [0.1, 0.15) is 6.10 Å². The molecule has 1 aromatic carbocycles. The standard InChI is InChI=1S/C14H19ClN2O3/c1-9(20-8-10-4-5-19-7-10)14(18)17-13-3-2-11(16)6-12(13)15/h2-3,6,9-10H,4-5,7-8,16H2,1H3,(H,17,18). The van der Waals surface area contributed by atoms with Gasteiger partial charge in [0.15, 0.2) is 0 Å². The quantitative estimate of drug-likeness (QED) is 0.818. The van der Waals surface area contributed by atoms with E-state index in [4.69, 9.17) is 26.8 Å². The Labute approximate surface area is 123 Å². The van der Waals surface area contributed by atoms with Crippen molar-refractivity contribution in [3.63, 3.8) is 0 Å². The highest BCUT2D eigenvalue weighted by molar-refractivity contribution is 6.34. The van der Waals surface area contributed by atoms with Gasteiger partial charge in [-0.15, -0.1) is 0 Å². The molecule has 0 saturated carbocycles. The van der Waals surface area contributed by atoms with Crippen molar-refractivity contribution < 1.29 is 14.3 Å². The largest absolute Gasteiger partial charge is 0.399 e. The fraction of sp³-hybridized carbons (Fsp3) is 0.500. The van der Waals surface area contributed by atoms with Crippen molar-refractivity contribution in [3.8, 4) is 0 Å². The van der Waals surface area contributed by atoms with Crippen LogP contribution in [0.25, 0.3) is 0 Å². The summed E-state index contributed by atoms with van der Waals surface area (Å²) in [5.41, 5.74) is 6.69. The molecule has 1 saturated heterocycles. The monoisotopic (exact) mass is 298 g/mol. The minimum Gasteiger partial charge on any atom is -0.399 e. The summed E-state index contributed by atoms with van der Waals surface area (Å²) in [5, 5.41) is 3.14. The average molecular weight is 299 g/mol. The van der Waals surface area contributed by atoms with Gasteiger partial charge in [-0.2, -0.15) is 0 Å². The highest BCUT2D eigenvalue weighted by atomic mass is 35.5. The summed E-state index contributed by atoms with van der Waals surface area (Å²) < 4.78 is 10.8. The third-order valence-electron chi connectivity index (χ3n) is 3.23.